The highest BCUT2D eigenvalue weighted by molar-refractivity contribution is 5.93. The van der Waals surface area contributed by atoms with Gasteiger partial charge in [-0.3, -0.25) is 0 Å². The van der Waals surface area contributed by atoms with Crippen molar-refractivity contribution in [3.63, 3.8) is 0 Å². The van der Waals surface area contributed by atoms with Crippen molar-refractivity contribution in [2.45, 2.75) is 19.8 Å². The molecule has 0 fully saturated rings. The van der Waals surface area contributed by atoms with Gasteiger partial charge >= 0.3 is 5.97 Å². The van der Waals surface area contributed by atoms with Gasteiger partial charge in [-0.15, -0.1) is 0 Å². The van der Waals surface area contributed by atoms with Crippen molar-refractivity contribution in [2.24, 2.45) is 0 Å². The first-order chi connectivity index (χ1) is 5.54. The zero-order chi connectivity index (χ0) is 9.30. The van der Waals surface area contributed by atoms with Crippen LogP contribution in [0.2, 0.25) is 0 Å². The molecule has 0 unspecified atom stereocenters. The zero-order valence-electron chi connectivity index (χ0n) is 6.87. The Balaban J connectivity index is 3.21. The van der Waals surface area contributed by atoms with Crippen molar-refractivity contribution < 1.29 is 14.4 Å². The van der Waals surface area contributed by atoms with Crippen molar-refractivity contribution >= 4 is 11.9 Å². The average molecular weight is 170 g/mol. The monoisotopic (exact) mass is 170 g/mol. The summed E-state index contributed by atoms with van der Waals surface area (Å²) in [5.41, 5.74) is 5.64. The number of aromatic carboxylic acids is 1. The van der Waals surface area contributed by atoms with Crippen LogP contribution in [0.25, 0.3) is 0 Å². The number of aromatic nitrogens is 1. The largest absolute Gasteiger partial charge is 0.477 e. The highest BCUT2D eigenvalue weighted by Gasteiger charge is 2.21. The van der Waals surface area contributed by atoms with Crippen LogP contribution >= 0.6 is 0 Å². The van der Waals surface area contributed by atoms with Crippen LogP contribution in [0.3, 0.4) is 0 Å². The van der Waals surface area contributed by atoms with Crippen LogP contribution in [0.15, 0.2) is 4.52 Å². The molecule has 1 heterocycles. The van der Waals surface area contributed by atoms with Gasteiger partial charge < -0.3 is 15.4 Å². The first-order valence-electron chi connectivity index (χ1n) is 3.52. The summed E-state index contributed by atoms with van der Waals surface area (Å²) >= 11 is 0. The molecule has 0 aromatic carbocycles. The number of carboxylic acid groups (broad SMARTS) is 1. The van der Waals surface area contributed by atoms with Gasteiger partial charge in [-0.05, 0) is 0 Å². The Morgan fingerprint density at radius 1 is 1.67 bits per heavy atom. The van der Waals surface area contributed by atoms with E-state index in [0.717, 1.165) is 0 Å². The van der Waals surface area contributed by atoms with Crippen molar-refractivity contribution in [1.82, 2.24) is 5.16 Å². The quantitative estimate of drug-likeness (QED) is 0.693. The van der Waals surface area contributed by atoms with E-state index in [1.54, 1.807) is 0 Å². The normalized spacial score (nSPS) is 10.6. The van der Waals surface area contributed by atoms with E-state index in [2.05, 4.69) is 9.68 Å². The Labute approximate surface area is 69.2 Å². The SMILES string of the molecule is CC(C)c1noc(N)c1C(=O)O. The fourth-order valence-corrected chi connectivity index (χ4v) is 0.925. The lowest BCUT2D eigenvalue weighted by Crippen LogP contribution is -2.04. The number of nitrogens with two attached hydrogens (primary N) is 1. The Morgan fingerprint density at radius 2 is 2.25 bits per heavy atom. The van der Waals surface area contributed by atoms with Gasteiger partial charge in [-0.2, -0.15) is 0 Å². The van der Waals surface area contributed by atoms with E-state index in [4.69, 9.17) is 10.8 Å². The lowest BCUT2D eigenvalue weighted by Gasteiger charge is -1.98. The molecule has 66 valence electrons. The van der Waals surface area contributed by atoms with Crippen LogP contribution in [0.4, 0.5) is 5.88 Å². The summed E-state index contributed by atoms with van der Waals surface area (Å²) in [6.45, 7) is 3.65. The van der Waals surface area contributed by atoms with Crippen LogP contribution in [0.5, 0.6) is 0 Å². The molecule has 0 aliphatic rings. The first kappa shape index (κ1) is 8.58. The summed E-state index contributed by atoms with van der Waals surface area (Å²) in [5.74, 6) is -1.24. The van der Waals surface area contributed by atoms with Crippen molar-refractivity contribution in [3.05, 3.63) is 11.3 Å². The number of anilines is 1. The van der Waals surface area contributed by atoms with Crippen LogP contribution in [0.1, 0.15) is 35.8 Å². The average Bonchev–Trinajstić information content (AvgIpc) is 2.30. The van der Waals surface area contributed by atoms with Crippen molar-refractivity contribution in [3.8, 4) is 0 Å². The van der Waals surface area contributed by atoms with Gasteiger partial charge in [-0.1, -0.05) is 19.0 Å². The van der Waals surface area contributed by atoms with Crippen molar-refractivity contribution in [1.29, 1.82) is 0 Å². The van der Waals surface area contributed by atoms with E-state index in [-0.39, 0.29) is 17.4 Å². The van der Waals surface area contributed by atoms with Gasteiger partial charge in [0.15, 0.2) is 0 Å². The molecule has 0 aliphatic carbocycles. The third-order valence-corrected chi connectivity index (χ3v) is 1.51. The second-order valence-corrected chi connectivity index (χ2v) is 2.77. The number of nitrogens with zero attached hydrogens (tertiary/aromatic N) is 1. The van der Waals surface area contributed by atoms with Gasteiger partial charge in [0.1, 0.15) is 11.3 Å². The molecule has 0 atom stereocenters. The molecule has 0 radical (unpaired) electrons. The standard InChI is InChI=1S/C7H10N2O3/c1-3(2)5-4(7(10)11)6(8)12-9-5/h3H,8H2,1-2H3,(H,10,11). The molecule has 0 amide bonds. The van der Waals surface area contributed by atoms with Gasteiger partial charge in [0.05, 0.1) is 0 Å². The lowest BCUT2D eigenvalue weighted by molar-refractivity contribution is 0.0696. The van der Waals surface area contributed by atoms with Crippen LogP contribution < -0.4 is 5.73 Å². The van der Waals surface area contributed by atoms with Crippen LogP contribution in [-0.4, -0.2) is 16.2 Å². The Hall–Kier alpha value is -1.52. The van der Waals surface area contributed by atoms with E-state index in [9.17, 15) is 4.79 Å². The fourth-order valence-electron chi connectivity index (χ4n) is 0.925. The predicted octanol–water partition coefficient (Wildman–Crippen LogP) is 1.08. The fraction of sp³-hybridized carbons (Fsp3) is 0.429. The lowest BCUT2D eigenvalue weighted by atomic mass is 10.1. The maximum absolute atomic E-state index is 10.6. The van der Waals surface area contributed by atoms with Gasteiger partial charge in [0.2, 0.25) is 5.88 Å². The second-order valence-electron chi connectivity index (χ2n) is 2.77. The third-order valence-electron chi connectivity index (χ3n) is 1.51. The number of rotatable bonds is 2. The maximum atomic E-state index is 10.6. The van der Waals surface area contributed by atoms with Crippen molar-refractivity contribution in [2.75, 3.05) is 5.73 Å². The molecule has 0 bridgehead atoms. The summed E-state index contributed by atoms with van der Waals surface area (Å²) < 4.78 is 4.57. The number of carboxylic acids is 1. The van der Waals surface area contributed by atoms with E-state index >= 15 is 0 Å². The molecule has 0 spiro atoms. The molecular formula is C7H10N2O3. The summed E-state index contributed by atoms with van der Waals surface area (Å²) in [5, 5.41) is 12.3. The van der Waals surface area contributed by atoms with Crippen LogP contribution in [-0.2, 0) is 0 Å². The molecule has 0 aliphatic heterocycles. The summed E-state index contributed by atoms with van der Waals surface area (Å²) in [4.78, 5) is 10.6. The predicted molar refractivity (Wildman–Crippen MR) is 42.0 cm³/mol. The molecule has 1 rings (SSSR count). The Morgan fingerprint density at radius 3 is 2.58 bits per heavy atom. The van der Waals surface area contributed by atoms with E-state index in [1.807, 2.05) is 13.8 Å². The number of hydrogen-bond acceptors (Lipinski definition) is 4. The minimum absolute atomic E-state index is 0.00264. The second kappa shape index (κ2) is 2.84. The molecule has 5 nitrogen and oxygen atoms in total. The summed E-state index contributed by atoms with van der Waals surface area (Å²) in [6.07, 6.45) is 0. The molecule has 1 aromatic rings. The topological polar surface area (TPSA) is 89.4 Å². The molecule has 0 saturated heterocycles. The van der Waals surface area contributed by atoms with Gasteiger partial charge in [0, 0.05) is 5.92 Å². The molecule has 3 N–H and O–H groups in total. The Bertz CT molecular complexity index is 304. The molecular weight excluding hydrogens is 160 g/mol. The minimum atomic E-state index is -1.10. The van der Waals surface area contributed by atoms with Gasteiger partial charge in [-0.25, -0.2) is 4.79 Å². The smallest absolute Gasteiger partial charge is 0.343 e. The number of nitrogen functional groups attached to an aromatic ring is 1. The molecule has 1 aromatic heterocycles. The van der Waals surface area contributed by atoms with E-state index < -0.39 is 5.97 Å². The highest BCUT2D eigenvalue weighted by atomic mass is 16.5. The third kappa shape index (κ3) is 1.25. The summed E-state index contributed by atoms with van der Waals surface area (Å²) in [7, 11) is 0. The maximum Gasteiger partial charge on any atom is 0.343 e. The van der Waals surface area contributed by atoms with E-state index in [1.165, 1.54) is 0 Å². The molecule has 0 saturated carbocycles. The molecule has 5 heteroatoms. The minimum Gasteiger partial charge on any atom is -0.477 e. The number of hydrogen-bond donors (Lipinski definition) is 2. The zero-order valence-corrected chi connectivity index (χ0v) is 6.87. The molecule has 12 heavy (non-hydrogen) atoms. The number of carbonyl (C=O) groups is 1. The van der Waals surface area contributed by atoms with Crippen LogP contribution in [0, 0.1) is 0 Å². The Kier molecular flexibility index (Phi) is 2.03. The first-order valence-corrected chi connectivity index (χ1v) is 3.52. The summed E-state index contributed by atoms with van der Waals surface area (Å²) in [6, 6.07) is 0. The highest BCUT2D eigenvalue weighted by Crippen LogP contribution is 2.22. The van der Waals surface area contributed by atoms with Gasteiger partial charge in [0.25, 0.3) is 0 Å². The van der Waals surface area contributed by atoms with E-state index in [0.29, 0.717) is 5.69 Å².